The Morgan fingerprint density at radius 2 is 2.33 bits per heavy atom. The molecular formula is C12H22N4O2. The molecule has 1 aromatic heterocycles. The lowest BCUT2D eigenvalue weighted by atomic mass is 10.1. The molecule has 0 atom stereocenters. The molecule has 1 rings (SSSR count). The van der Waals surface area contributed by atoms with E-state index in [-0.39, 0.29) is 6.03 Å². The Kier molecular flexibility index (Phi) is 6.21. The van der Waals surface area contributed by atoms with E-state index >= 15 is 0 Å². The summed E-state index contributed by atoms with van der Waals surface area (Å²) in [6, 6.07) is 1.55. The monoisotopic (exact) mass is 254 g/mol. The van der Waals surface area contributed by atoms with E-state index in [0.717, 1.165) is 6.42 Å². The Labute approximate surface area is 108 Å². The third-order valence-corrected chi connectivity index (χ3v) is 2.41. The van der Waals surface area contributed by atoms with E-state index in [2.05, 4.69) is 29.6 Å². The minimum atomic E-state index is -0.215. The second-order valence-electron chi connectivity index (χ2n) is 4.52. The number of anilines is 1. The van der Waals surface area contributed by atoms with Crippen molar-refractivity contribution in [2.75, 3.05) is 25.6 Å². The molecule has 0 saturated carbocycles. The van der Waals surface area contributed by atoms with Crippen LogP contribution in [0.4, 0.5) is 10.6 Å². The fourth-order valence-corrected chi connectivity index (χ4v) is 1.37. The molecule has 102 valence electrons. The number of carbonyl (C=O) groups excluding carboxylic acids is 1. The molecule has 0 spiro atoms. The molecule has 18 heavy (non-hydrogen) atoms. The second kappa shape index (κ2) is 7.71. The van der Waals surface area contributed by atoms with Crippen molar-refractivity contribution < 1.29 is 9.53 Å². The SMILES string of the molecule is COCCn1ccc(NC(=O)NCCC(C)C)n1. The van der Waals surface area contributed by atoms with Crippen LogP contribution in [0.5, 0.6) is 0 Å². The lowest BCUT2D eigenvalue weighted by Gasteiger charge is -2.07. The molecule has 1 aromatic rings. The van der Waals surface area contributed by atoms with Crippen molar-refractivity contribution in [1.29, 1.82) is 0 Å². The van der Waals surface area contributed by atoms with E-state index in [9.17, 15) is 4.79 Å². The summed E-state index contributed by atoms with van der Waals surface area (Å²) in [6.45, 7) is 6.19. The van der Waals surface area contributed by atoms with Gasteiger partial charge in [-0.25, -0.2) is 4.79 Å². The van der Waals surface area contributed by atoms with E-state index in [1.807, 2.05) is 6.20 Å². The van der Waals surface area contributed by atoms with E-state index in [1.165, 1.54) is 0 Å². The lowest BCUT2D eigenvalue weighted by molar-refractivity contribution is 0.183. The first kappa shape index (κ1) is 14.5. The Bertz CT molecular complexity index is 363. The third-order valence-electron chi connectivity index (χ3n) is 2.41. The van der Waals surface area contributed by atoms with Gasteiger partial charge >= 0.3 is 6.03 Å². The molecule has 2 N–H and O–H groups in total. The molecule has 0 aliphatic carbocycles. The standard InChI is InChI=1S/C12H22N4O2/c1-10(2)4-6-13-12(17)14-11-5-7-16(15-11)8-9-18-3/h5,7,10H,4,6,8-9H2,1-3H3,(H2,13,14,15,17). The average Bonchev–Trinajstić information content (AvgIpc) is 2.73. The van der Waals surface area contributed by atoms with Crippen LogP contribution in [0.25, 0.3) is 0 Å². The summed E-state index contributed by atoms with van der Waals surface area (Å²) in [5.74, 6) is 1.13. The highest BCUT2D eigenvalue weighted by atomic mass is 16.5. The third kappa shape index (κ3) is 5.67. The van der Waals surface area contributed by atoms with Crippen LogP contribution < -0.4 is 10.6 Å². The molecule has 1 heterocycles. The highest BCUT2D eigenvalue weighted by Gasteiger charge is 2.04. The minimum Gasteiger partial charge on any atom is -0.383 e. The normalized spacial score (nSPS) is 10.7. The van der Waals surface area contributed by atoms with Crippen molar-refractivity contribution in [3.8, 4) is 0 Å². The van der Waals surface area contributed by atoms with E-state index in [1.54, 1.807) is 17.9 Å². The molecule has 0 saturated heterocycles. The molecule has 0 radical (unpaired) electrons. The van der Waals surface area contributed by atoms with Crippen LogP contribution in [-0.4, -0.2) is 36.1 Å². The highest BCUT2D eigenvalue weighted by molar-refractivity contribution is 5.88. The Morgan fingerprint density at radius 1 is 1.56 bits per heavy atom. The fraction of sp³-hybridized carbons (Fsp3) is 0.667. The fourth-order valence-electron chi connectivity index (χ4n) is 1.37. The number of carbonyl (C=O) groups is 1. The van der Waals surface area contributed by atoms with Crippen LogP contribution in [-0.2, 0) is 11.3 Å². The Balaban J connectivity index is 2.28. The Hall–Kier alpha value is -1.56. The number of hydrogen-bond acceptors (Lipinski definition) is 3. The summed E-state index contributed by atoms with van der Waals surface area (Å²) in [6.07, 6.45) is 2.78. The van der Waals surface area contributed by atoms with Gasteiger partial charge in [-0.15, -0.1) is 0 Å². The maximum absolute atomic E-state index is 11.5. The smallest absolute Gasteiger partial charge is 0.320 e. The van der Waals surface area contributed by atoms with E-state index < -0.39 is 0 Å². The lowest BCUT2D eigenvalue weighted by Crippen LogP contribution is -2.30. The first-order chi connectivity index (χ1) is 8.61. The van der Waals surface area contributed by atoms with Gasteiger partial charge in [-0.05, 0) is 12.3 Å². The number of nitrogens with zero attached hydrogens (tertiary/aromatic N) is 2. The number of rotatable bonds is 7. The van der Waals surface area contributed by atoms with Crippen LogP contribution in [0.3, 0.4) is 0 Å². The van der Waals surface area contributed by atoms with Crippen molar-refractivity contribution in [3.05, 3.63) is 12.3 Å². The number of ether oxygens (including phenoxy) is 1. The molecule has 2 amide bonds. The summed E-state index contributed by atoms with van der Waals surface area (Å²) in [7, 11) is 1.64. The summed E-state index contributed by atoms with van der Waals surface area (Å²) >= 11 is 0. The second-order valence-corrected chi connectivity index (χ2v) is 4.52. The zero-order chi connectivity index (χ0) is 13.4. The number of urea groups is 1. The summed E-state index contributed by atoms with van der Waals surface area (Å²) < 4.78 is 6.68. The highest BCUT2D eigenvalue weighted by Crippen LogP contribution is 2.02. The zero-order valence-corrected chi connectivity index (χ0v) is 11.3. The topological polar surface area (TPSA) is 68.2 Å². The predicted octanol–water partition coefficient (Wildman–Crippen LogP) is 1.70. The summed E-state index contributed by atoms with van der Waals surface area (Å²) in [5.41, 5.74) is 0. The van der Waals surface area contributed by atoms with Gasteiger partial charge in [-0.2, -0.15) is 5.10 Å². The molecule has 6 nitrogen and oxygen atoms in total. The molecule has 0 aromatic carbocycles. The van der Waals surface area contributed by atoms with Crippen LogP contribution >= 0.6 is 0 Å². The van der Waals surface area contributed by atoms with Gasteiger partial charge in [0, 0.05) is 25.9 Å². The van der Waals surface area contributed by atoms with Crippen LogP contribution in [0, 0.1) is 5.92 Å². The molecule has 0 aliphatic heterocycles. The zero-order valence-electron chi connectivity index (χ0n) is 11.3. The van der Waals surface area contributed by atoms with Crippen LogP contribution in [0.15, 0.2) is 12.3 Å². The molecular weight excluding hydrogens is 232 g/mol. The van der Waals surface area contributed by atoms with Gasteiger partial charge in [-0.3, -0.25) is 10.00 Å². The van der Waals surface area contributed by atoms with Gasteiger partial charge in [-0.1, -0.05) is 13.8 Å². The largest absolute Gasteiger partial charge is 0.383 e. The van der Waals surface area contributed by atoms with Gasteiger partial charge in [0.1, 0.15) is 0 Å². The van der Waals surface area contributed by atoms with Gasteiger partial charge in [0.25, 0.3) is 0 Å². The maximum Gasteiger partial charge on any atom is 0.320 e. The molecule has 0 aliphatic rings. The van der Waals surface area contributed by atoms with Gasteiger partial charge in [0.2, 0.25) is 0 Å². The van der Waals surface area contributed by atoms with Gasteiger partial charge < -0.3 is 10.1 Å². The Morgan fingerprint density at radius 3 is 3.00 bits per heavy atom. The number of hydrogen-bond donors (Lipinski definition) is 2. The molecule has 6 heteroatoms. The predicted molar refractivity (Wildman–Crippen MR) is 70.6 cm³/mol. The van der Waals surface area contributed by atoms with E-state index in [0.29, 0.717) is 31.4 Å². The minimum absolute atomic E-state index is 0.215. The van der Waals surface area contributed by atoms with Crippen molar-refractivity contribution in [2.24, 2.45) is 5.92 Å². The van der Waals surface area contributed by atoms with Crippen LogP contribution in [0.1, 0.15) is 20.3 Å². The maximum atomic E-state index is 11.5. The molecule has 0 fully saturated rings. The van der Waals surface area contributed by atoms with Crippen molar-refractivity contribution >= 4 is 11.8 Å². The van der Waals surface area contributed by atoms with Crippen LogP contribution in [0.2, 0.25) is 0 Å². The van der Waals surface area contributed by atoms with Gasteiger partial charge in [0.15, 0.2) is 5.82 Å². The van der Waals surface area contributed by atoms with Gasteiger partial charge in [0.05, 0.1) is 13.2 Å². The average molecular weight is 254 g/mol. The summed E-state index contributed by atoms with van der Waals surface area (Å²) in [5, 5.41) is 9.68. The van der Waals surface area contributed by atoms with E-state index in [4.69, 9.17) is 4.74 Å². The van der Waals surface area contributed by atoms with Crippen molar-refractivity contribution in [2.45, 2.75) is 26.8 Å². The molecule has 0 bridgehead atoms. The number of methoxy groups -OCH3 is 1. The van der Waals surface area contributed by atoms with Crippen molar-refractivity contribution in [1.82, 2.24) is 15.1 Å². The van der Waals surface area contributed by atoms with Crippen molar-refractivity contribution in [3.63, 3.8) is 0 Å². The number of amides is 2. The number of nitrogens with one attached hydrogen (secondary N) is 2. The molecule has 0 unspecified atom stereocenters. The quantitative estimate of drug-likeness (QED) is 0.778. The first-order valence-electron chi connectivity index (χ1n) is 6.19. The first-order valence-corrected chi connectivity index (χ1v) is 6.19. The summed E-state index contributed by atoms with van der Waals surface area (Å²) in [4.78, 5) is 11.5. The number of aromatic nitrogens is 2.